The number of hydrogen-bond donors (Lipinski definition) is 0. The highest BCUT2D eigenvalue weighted by atomic mass is 16.5. The Kier molecular flexibility index (Phi) is 7.65. The minimum Gasteiger partial charge on any atom is -0.497 e. The van der Waals surface area contributed by atoms with Gasteiger partial charge in [-0.15, -0.1) is 0 Å². The van der Waals surface area contributed by atoms with Crippen LogP contribution in [0, 0.1) is 0 Å². The van der Waals surface area contributed by atoms with E-state index in [2.05, 4.69) is 0 Å². The maximum Gasteiger partial charge on any atom is 0.254 e. The first-order valence-corrected chi connectivity index (χ1v) is 10.5. The SMILES string of the molecule is COc1ccc(CCC(=O)N2CCN(C(=O)CN(C)C(=O)c3ccccc3)CC2)cc1. The molecule has 2 aromatic carbocycles. The Labute approximate surface area is 183 Å². The van der Waals surface area contributed by atoms with Gasteiger partial charge in [0.1, 0.15) is 5.75 Å². The van der Waals surface area contributed by atoms with Crippen LogP contribution in [-0.2, 0) is 16.0 Å². The molecule has 164 valence electrons. The Bertz CT molecular complexity index is 891. The van der Waals surface area contributed by atoms with Gasteiger partial charge in [0.15, 0.2) is 0 Å². The van der Waals surface area contributed by atoms with Crippen LogP contribution in [0.4, 0.5) is 0 Å². The van der Waals surface area contributed by atoms with Crippen molar-refractivity contribution in [1.82, 2.24) is 14.7 Å². The van der Waals surface area contributed by atoms with Crippen LogP contribution in [0.3, 0.4) is 0 Å². The van der Waals surface area contributed by atoms with Crippen LogP contribution in [0.1, 0.15) is 22.3 Å². The van der Waals surface area contributed by atoms with Crippen LogP contribution in [0.15, 0.2) is 54.6 Å². The lowest BCUT2D eigenvalue weighted by Gasteiger charge is -2.35. The van der Waals surface area contributed by atoms with Gasteiger partial charge >= 0.3 is 0 Å². The van der Waals surface area contributed by atoms with Crippen molar-refractivity contribution >= 4 is 17.7 Å². The van der Waals surface area contributed by atoms with Crippen LogP contribution in [0.5, 0.6) is 5.75 Å². The van der Waals surface area contributed by atoms with Crippen molar-refractivity contribution in [2.24, 2.45) is 0 Å². The molecule has 1 fully saturated rings. The maximum absolute atomic E-state index is 12.6. The molecule has 0 saturated carbocycles. The lowest BCUT2D eigenvalue weighted by molar-refractivity contribution is -0.139. The van der Waals surface area contributed by atoms with E-state index in [1.807, 2.05) is 35.2 Å². The second-order valence-corrected chi connectivity index (χ2v) is 7.64. The minimum atomic E-state index is -0.179. The molecule has 7 nitrogen and oxygen atoms in total. The number of nitrogens with zero attached hydrogens (tertiary/aromatic N) is 3. The molecule has 7 heteroatoms. The third-order valence-electron chi connectivity index (χ3n) is 5.51. The average Bonchev–Trinajstić information content (AvgIpc) is 2.82. The van der Waals surface area contributed by atoms with E-state index < -0.39 is 0 Å². The molecule has 1 aliphatic rings. The number of hydrogen-bond acceptors (Lipinski definition) is 4. The topological polar surface area (TPSA) is 70.2 Å². The van der Waals surface area contributed by atoms with Crippen molar-refractivity contribution in [2.75, 3.05) is 46.9 Å². The first-order chi connectivity index (χ1) is 15.0. The van der Waals surface area contributed by atoms with Crippen LogP contribution < -0.4 is 4.74 Å². The summed E-state index contributed by atoms with van der Waals surface area (Å²) < 4.78 is 5.15. The van der Waals surface area contributed by atoms with E-state index in [4.69, 9.17) is 4.74 Å². The number of carbonyl (C=O) groups is 3. The van der Waals surface area contributed by atoms with E-state index in [1.165, 1.54) is 4.90 Å². The molecule has 0 N–H and O–H groups in total. The van der Waals surface area contributed by atoms with Crippen LogP contribution in [0.2, 0.25) is 0 Å². The van der Waals surface area contributed by atoms with Crippen molar-refractivity contribution in [2.45, 2.75) is 12.8 Å². The molecule has 0 atom stereocenters. The molecule has 3 amide bonds. The molecule has 3 rings (SSSR count). The number of ether oxygens (including phenoxy) is 1. The normalized spacial score (nSPS) is 13.6. The summed E-state index contributed by atoms with van der Waals surface area (Å²) >= 11 is 0. The van der Waals surface area contributed by atoms with Crippen molar-refractivity contribution < 1.29 is 19.1 Å². The third-order valence-corrected chi connectivity index (χ3v) is 5.51. The van der Waals surface area contributed by atoms with Gasteiger partial charge in [-0.3, -0.25) is 14.4 Å². The molecule has 0 radical (unpaired) electrons. The molecule has 31 heavy (non-hydrogen) atoms. The Morgan fingerprint density at radius 3 is 2.03 bits per heavy atom. The number of rotatable bonds is 7. The first kappa shape index (κ1) is 22.3. The van der Waals surface area contributed by atoms with Gasteiger partial charge in [-0.2, -0.15) is 0 Å². The molecule has 1 aliphatic heterocycles. The van der Waals surface area contributed by atoms with Gasteiger partial charge in [-0.25, -0.2) is 0 Å². The summed E-state index contributed by atoms with van der Waals surface area (Å²) in [7, 11) is 3.26. The summed E-state index contributed by atoms with van der Waals surface area (Å²) in [6.45, 7) is 2.03. The number of amides is 3. The zero-order valence-corrected chi connectivity index (χ0v) is 18.1. The zero-order valence-electron chi connectivity index (χ0n) is 18.1. The Morgan fingerprint density at radius 2 is 1.45 bits per heavy atom. The number of likely N-dealkylation sites (N-methyl/N-ethyl adjacent to an activating group) is 1. The Balaban J connectivity index is 1.42. The monoisotopic (exact) mass is 423 g/mol. The van der Waals surface area contributed by atoms with Crippen LogP contribution >= 0.6 is 0 Å². The molecule has 2 aromatic rings. The van der Waals surface area contributed by atoms with Gasteiger partial charge in [0.2, 0.25) is 11.8 Å². The second kappa shape index (κ2) is 10.6. The molecular formula is C24H29N3O4. The molecule has 1 saturated heterocycles. The molecule has 0 unspecified atom stereocenters. The van der Waals surface area contributed by atoms with Gasteiger partial charge < -0.3 is 19.4 Å². The fraction of sp³-hybridized carbons (Fsp3) is 0.375. The van der Waals surface area contributed by atoms with Crippen molar-refractivity contribution in [3.63, 3.8) is 0 Å². The molecule has 0 aromatic heterocycles. The molecule has 1 heterocycles. The number of aryl methyl sites for hydroxylation is 1. The molecular weight excluding hydrogens is 394 g/mol. The Hall–Kier alpha value is -3.35. The van der Waals surface area contributed by atoms with Gasteiger partial charge in [-0.05, 0) is 36.2 Å². The van der Waals surface area contributed by atoms with E-state index in [1.54, 1.807) is 43.3 Å². The van der Waals surface area contributed by atoms with Gasteiger partial charge in [0.25, 0.3) is 5.91 Å². The lowest BCUT2D eigenvalue weighted by atomic mass is 10.1. The Morgan fingerprint density at radius 1 is 0.871 bits per heavy atom. The largest absolute Gasteiger partial charge is 0.497 e. The van der Waals surface area contributed by atoms with E-state index in [0.29, 0.717) is 44.6 Å². The van der Waals surface area contributed by atoms with E-state index in [-0.39, 0.29) is 24.3 Å². The second-order valence-electron chi connectivity index (χ2n) is 7.64. The fourth-order valence-electron chi connectivity index (χ4n) is 3.58. The van der Waals surface area contributed by atoms with Gasteiger partial charge in [0.05, 0.1) is 13.7 Å². The van der Waals surface area contributed by atoms with Crippen LogP contribution in [0.25, 0.3) is 0 Å². The summed E-state index contributed by atoms with van der Waals surface area (Å²) in [5.74, 6) is 0.615. The number of piperazine rings is 1. The number of carbonyl (C=O) groups excluding carboxylic acids is 3. The highest BCUT2D eigenvalue weighted by molar-refractivity contribution is 5.96. The lowest BCUT2D eigenvalue weighted by Crippen LogP contribution is -2.52. The zero-order chi connectivity index (χ0) is 22.2. The van der Waals surface area contributed by atoms with Gasteiger partial charge in [-0.1, -0.05) is 30.3 Å². The van der Waals surface area contributed by atoms with E-state index in [0.717, 1.165) is 11.3 Å². The highest BCUT2D eigenvalue weighted by Crippen LogP contribution is 2.14. The predicted octanol–water partition coefficient (Wildman–Crippen LogP) is 2.07. The smallest absolute Gasteiger partial charge is 0.254 e. The minimum absolute atomic E-state index is 0.0269. The maximum atomic E-state index is 12.6. The summed E-state index contributed by atoms with van der Waals surface area (Å²) in [6, 6.07) is 16.6. The number of methoxy groups -OCH3 is 1. The molecule has 0 bridgehead atoms. The number of benzene rings is 2. The standard InChI is InChI=1S/C24H29N3O4/c1-25(24(30)20-6-4-3-5-7-20)18-23(29)27-16-14-26(15-17-27)22(28)13-10-19-8-11-21(31-2)12-9-19/h3-9,11-12H,10,13-18H2,1-2H3. The summed E-state index contributed by atoms with van der Waals surface area (Å²) in [6.07, 6.45) is 1.11. The summed E-state index contributed by atoms with van der Waals surface area (Å²) in [5, 5.41) is 0. The van der Waals surface area contributed by atoms with Crippen molar-refractivity contribution in [1.29, 1.82) is 0 Å². The highest BCUT2D eigenvalue weighted by Gasteiger charge is 2.25. The molecule has 0 aliphatic carbocycles. The average molecular weight is 424 g/mol. The quantitative estimate of drug-likeness (QED) is 0.684. The third kappa shape index (κ3) is 6.07. The fourth-order valence-corrected chi connectivity index (χ4v) is 3.58. The van der Waals surface area contributed by atoms with E-state index in [9.17, 15) is 14.4 Å². The molecule has 0 spiro atoms. The summed E-state index contributed by atoms with van der Waals surface area (Å²) in [4.78, 5) is 42.5. The van der Waals surface area contributed by atoms with Crippen molar-refractivity contribution in [3.05, 3.63) is 65.7 Å². The summed E-state index contributed by atoms with van der Waals surface area (Å²) in [5.41, 5.74) is 1.65. The first-order valence-electron chi connectivity index (χ1n) is 10.5. The van der Waals surface area contributed by atoms with Gasteiger partial charge in [0, 0.05) is 45.2 Å². The van der Waals surface area contributed by atoms with Crippen molar-refractivity contribution in [3.8, 4) is 5.75 Å². The predicted molar refractivity (Wildman–Crippen MR) is 118 cm³/mol. The van der Waals surface area contributed by atoms with E-state index >= 15 is 0 Å². The van der Waals surface area contributed by atoms with Crippen LogP contribution in [-0.4, -0.2) is 79.3 Å².